The van der Waals surface area contributed by atoms with E-state index < -0.39 is 0 Å². The van der Waals surface area contributed by atoms with Gasteiger partial charge in [0.2, 0.25) is 0 Å². The molecule has 2 atom stereocenters. The van der Waals surface area contributed by atoms with Crippen molar-refractivity contribution < 1.29 is 4.39 Å². The van der Waals surface area contributed by atoms with E-state index in [9.17, 15) is 4.39 Å². The molecule has 1 aromatic rings. The zero-order valence-electron chi connectivity index (χ0n) is 9.17. The van der Waals surface area contributed by atoms with Crippen molar-refractivity contribution in [3.8, 4) is 0 Å². The van der Waals surface area contributed by atoms with Crippen molar-refractivity contribution in [2.45, 2.75) is 25.4 Å². The van der Waals surface area contributed by atoms with E-state index in [1.54, 1.807) is 6.07 Å². The summed E-state index contributed by atoms with van der Waals surface area (Å²) in [6.07, 6.45) is 1.20. The average molecular weight is 260 g/mol. The highest BCUT2D eigenvalue weighted by Gasteiger charge is 2.18. The van der Waals surface area contributed by atoms with Gasteiger partial charge in [0, 0.05) is 17.8 Å². The minimum atomic E-state index is -0.339. The second-order valence-corrected chi connectivity index (χ2v) is 5.68. The van der Waals surface area contributed by atoms with Crippen LogP contribution in [0.4, 0.5) is 4.39 Å². The molecule has 4 heteroatoms. The van der Waals surface area contributed by atoms with Crippen LogP contribution in [0.5, 0.6) is 0 Å². The molecule has 1 saturated heterocycles. The van der Waals surface area contributed by atoms with Gasteiger partial charge >= 0.3 is 0 Å². The topological polar surface area (TPSA) is 12.0 Å². The molecule has 0 aromatic heterocycles. The predicted molar refractivity (Wildman–Crippen MR) is 68.7 cm³/mol. The highest BCUT2D eigenvalue weighted by Crippen LogP contribution is 2.23. The fourth-order valence-corrected chi connectivity index (χ4v) is 3.18. The van der Waals surface area contributed by atoms with Gasteiger partial charge in [0.05, 0.1) is 5.02 Å². The Bertz CT molecular complexity index is 366. The van der Waals surface area contributed by atoms with Gasteiger partial charge in [-0.2, -0.15) is 11.8 Å². The second-order valence-electron chi connectivity index (χ2n) is 4.12. The molecule has 1 N–H and O–H groups in total. The first kappa shape index (κ1) is 12.2. The van der Waals surface area contributed by atoms with Crippen molar-refractivity contribution in [2.75, 3.05) is 11.5 Å². The van der Waals surface area contributed by atoms with Gasteiger partial charge in [0.15, 0.2) is 0 Å². The average Bonchev–Trinajstić information content (AvgIpc) is 2.74. The third-order valence-corrected chi connectivity index (χ3v) is 4.33. The Kier molecular flexibility index (Phi) is 4.11. The number of hydrogen-bond acceptors (Lipinski definition) is 2. The summed E-state index contributed by atoms with van der Waals surface area (Å²) in [5, 5.41) is 3.70. The monoisotopic (exact) mass is 259 g/mol. The number of halogens is 2. The quantitative estimate of drug-likeness (QED) is 0.890. The smallest absolute Gasteiger partial charge is 0.142 e. The van der Waals surface area contributed by atoms with Gasteiger partial charge < -0.3 is 5.32 Å². The molecule has 0 spiro atoms. The molecule has 16 heavy (non-hydrogen) atoms. The molecule has 2 rings (SSSR count). The van der Waals surface area contributed by atoms with Gasteiger partial charge in [0.25, 0.3) is 0 Å². The van der Waals surface area contributed by atoms with Gasteiger partial charge in [-0.3, -0.25) is 0 Å². The van der Waals surface area contributed by atoms with Crippen LogP contribution in [-0.2, 0) is 0 Å². The molecule has 0 saturated carbocycles. The molecule has 1 nitrogen and oxygen atoms in total. The van der Waals surface area contributed by atoms with E-state index in [1.165, 1.54) is 18.2 Å². The lowest BCUT2D eigenvalue weighted by Crippen LogP contribution is -2.31. The zero-order chi connectivity index (χ0) is 11.5. The van der Waals surface area contributed by atoms with Crippen molar-refractivity contribution in [3.63, 3.8) is 0 Å². The summed E-state index contributed by atoms with van der Waals surface area (Å²) < 4.78 is 13.3. The van der Waals surface area contributed by atoms with Gasteiger partial charge in [-0.1, -0.05) is 17.7 Å². The molecule has 2 unspecified atom stereocenters. The summed E-state index contributed by atoms with van der Waals surface area (Å²) in [5.41, 5.74) is 0.957. The standard InChI is InChI=1S/C12H15ClFNS/c1-8(15-10-4-5-16-7-10)9-2-3-11(13)12(14)6-9/h2-3,6,8,10,15H,4-5,7H2,1H3. The fourth-order valence-electron chi connectivity index (χ4n) is 1.90. The minimum Gasteiger partial charge on any atom is -0.307 e. The Morgan fingerprint density at radius 2 is 2.38 bits per heavy atom. The van der Waals surface area contributed by atoms with Crippen LogP contribution in [0.25, 0.3) is 0 Å². The van der Waals surface area contributed by atoms with Gasteiger partial charge in [0.1, 0.15) is 5.82 Å². The van der Waals surface area contributed by atoms with Crippen LogP contribution in [0.15, 0.2) is 18.2 Å². The zero-order valence-corrected chi connectivity index (χ0v) is 10.7. The SMILES string of the molecule is CC(NC1CCSC1)c1ccc(Cl)c(F)c1. The predicted octanol–water partition coefficient (Wildman–Crippen LogP) is 3.64. The first-order chi connectivity index (χ1) is 7.66. The maximum atomic E-state index is 13.3. The van der Waals surface area contributed by atoms with Crippen LogP contribution >= 0.6 is 23.4 Å². The molecule has 0 radical (unpaired) electrons. The molecule has 0 bridgehead atoms. The van der Waals surface area contributed by atoms with E-state index in [0.717, 1.165) is 11.3 Å². The third kappa shape index (κ3) is 2.90. The Balaban J connectivity index is 2.02. The van der Waals surface area contributed by atoms with E-state index in [1.807, 2.05) is 17.8 Å². The lowest BCUT2D eigenvalue weighted by molar-refractivity contribution is 0.484. The Morgan fingerprint density at radius 1 is 1.56 bits per heavy atom. The first-order valence-corrected chi connectivity index (χ1v) is 6.99. The first-order valence-electron chi connectivity index (χ1n) is 5.45. The molecular weight excluding hydrogens is 245 g/mol. The number of nitrogens with one attached hydrogen (secondary N) is 1. The molecule has 1 heterocycles. The van der Waals surface area contributed by atoms with E-state index in [-0.39, 0.29) is 16.9 Å². The van der Waals surface area contributed by atoms with Crippen molar-refractivity contribution in [1.82, 2.24) is 5.32 Å². The second kappa shape index (κ2) is 5.39. The molecule has 0 amide bonds. The van der Waals surface area contributed by atoms with Gasteiger partial charge in [-0.15, -0.1) is 0 Å². The largest absolute Gasteiger partial charge is 0.307 e. The Hall–Kier alpha value is -0.250. The summed E-state index contributed by atoms with van der Waals surface area (Å²) in [4.78, 5) is 0. The van der Waals surface area contributed by atoms with Crippen LogP contribution in [-0.4, -0.2) is 17.5 Å². The van der Waals surface area contributed by atoms with E-state index >= 15 is 0 Å². The fraction of sp³-hybridized carbons (Fsp3) is 0.500. The van der Waals surface area contributed by atoms with Crippen molar-refractivity contribution in [3.05, 3.63) is 34.6 Å². The van der Waals surface area contributed by atoms with Crippen LogP contribution < -0.4 is 5.32 Å². The summed E-state index contributed by atoms with van der Waals surface area (Å²) in [7, 11) is 0. The van der Waals surface area contributed by atoms with E-state index in [2.05, 4.69) is 12.2 Å². The molecule has 1 aromatic carbocycles. The van der Waals surface area contributed by atoms with Crippen molar-refractivity contribution in [2.24, 2.45) is 0 Å². The maximum absolute atomic E-state index is 13.3. The Labute approximate surface area is 105 Å². The molecule has 1 aliphatic heterocycles. The highest BCUT2D eigenvalue weighted by atomic mass is 35.5. The van der Waals surface area contributed by atoms with Crippen LogP contribution in [0.1, 0.15) is 24.9 Å². The van der Waals surface area contributed by atoms with Gasteiger partial charge in [-0.05, 0) is 36.8 Å². The highest BCUT2D eigenvalue weighted by molar-refractivity contribution is 7.99. The number of thioether (sulfide) groups is 1. The molecular formula is C12H15ClFNS. The minimum absolute atomic E-state index is 0.176. The van der Waals surface area contributed by atoms with Crippen LogP contribution in [0, 0.1) is 5.82 Å². The normalized spacial score (nSPS) is 22.3. The molecule has 1 aliphatic rings. The lowest BCUT2D eigenvalue weighted by Gasteiger charge is -2.19. The van der Waals surface area contributed by atoms with Crippen LogP contribution in [0.3, 0.4) is 0 Å². The summed E-state index contributed by atoms with van der Waals surface area (Å²) in [6, 6.07) is 5.75. The van der Waals surface area contributed by atoms with Crippen molar-refractivity contribution in [1.29, 1.82) is 0 Å². The summed E-state index contributed by atoms with van der Waals surface area (Å²) in [5.74, 6) is 2.04. The maximum Gasteiger partial charge on any atom is 0.142 e. The lowest BCUT2D eigenvalue weighted by atomic mass is 10.1. The van der Waals surface area contributed by atoms with Crippen molar-refractivity contribution >= 4 is 23.4 Å². The number of rotatable bonds is 3. The number of benzene rings is 1. The van der Waals surface area contributed by atoms with Crippen LogP contribution in [0.2, 0.25) is 5.02 Å². The summed E-state index contributed by atoms with van der Waals surface area (Å²) in [6.45, 7) is 2.06. The molecule has 0 aliphatic carbocycles. The third-order valence-electron chi connectivity index (χ3n) is 2.86. The van der Waals surface area contributed by atoms with Gasteiger partial charge in [-0.25, -0.2) is 4.39 Å². The molecule has 1 fully saturated rings. The summed E-state index contributed by atoms with van der Waals surface area (Å²) >= 11 is 7.62. The molecule has 88 valence electrons. The number of hydrogen-bond donors (Lipinski definition) is 1. The van der Waals surface area contributed by atoms with E-state index in [0.29, 0.717) is 6.04 Å². The Morgan fingerprint density at radius 3 is 3.00 bits per heavy atom. The van der Waals surface area contributed by atoms with E-state index in [4.69, 9.17) is 11.6 Å².